The van der Waals surface area contributed by atoms with Crippen LogP contribution < -0.4 is 5.73 Å². The van der Waals surface area contributed by atoms with Crippen molar-refractivity contribution in [2.45, 2.75) is 13.5 Å². The van der Waals surface area contributed by atoms with Gasteiger partial charge in [0, 0.05) is 6.54 Å². The van der Waals surface area contributed by atoms with E-state index >= 15 is 0 Å². The van der Waals surface area contributed by atoms with Gasteiger partial charge in [-0.15, -0.1) is 12.4 Å². The third kappa shape index (κ3) is 2.48. The molecule has 0 aromatic heterocycles. The van der Waals surface area contributed by atoms with Gasteiger partial charge in [-0.2, -0.15) is 0 Å². The van der Waals surface area contributed by atoms with Gasteiger partial charge in [0.25, 0.3) is 0 Å². The van der Waals surface area contributed by atoms with Gasteiger partial charge in [-0.05, 0) is 24.1 Å². The molecule has 0 heterocycles. The fraction of sp³-hybridized carbons (Fsp3) is 0.250. The molecular weight excluding hydrogens is 165 g/mol. The summed E-state index contributed by atoms with van der Waals surface area (Å²) >= 11 is 0. The highest BCUT2D eigenvalue weighted by Gasteiger charge is 1.95. The monoisotopic (exact) mass is 175 g/mol. The Balaban J connectivity index is 0.000001000. The molecule has 1 nitrogen and oxygen atoms in total. The Morgan fingerprint density at radius 3 is 2.55 bits per heavy atom. The molecule has 0 amide bonds. The van der Waals surface area contributed by atoms with Crippen LogP contribution in [0.1, 0.15) is 11.1 Å². The van der Waals surface area contributed by atoms with Crippen molar-refractivity contribution in [1.29, 1.82) is 0 Å². The molecule has 0 aliphatic heterocycles. The number of rotatable bonds is 1. The highest BCUT2D eigenvalue weighted by atomic mass is 35.5. The molecule has 0 saturated carbocycles. The lowest BCUT2D eigenvalue weighted by Gasteiger charge is -1.98. The molecule has 1 aromatic carbocycles. The molecule has 1 rings (SSSR count). The average molecular weight is 176 g/mol. The quantitative estimate of drug-likeness (QED) is 0.695. The molecule has 62 valence electrons. The predicted octanol–water partition coefficient (Wildman–Crippen LogP) is 2.01. The molecule has 0 unspecified atom stereocenters. The number of halogens is 2. The van der Waals surface area contributed by atoms with Gasteiger partial charge in [0.2, 0.25) is 0 Å². The molecule has 3 heteroatoms. The van der Waals surface area contributed by atoms with E-state index in [-0.39, 0.29) is 18.2 Å². The Morgan fingerprint density at radius 1 is 1.45 bits per heavy atom. The molecule has 0 spiro atoms. The summed E-state index contributed by atoms with van der Waals surface area (Å²) in [5, 5.41) is 0. The van der Waals surface area contributed by atoms with Gasteiger partial charge < -0.3 is 5.73 Å². The van der Waals surface area contributed by atoms with Crippen LogP contribution in [-0.2, 0) is 6.54 Å². The number of benzene rings is 1. The molecule has 0 aliphatic rings. The maximum Gasteiger partial charge on any atom is 0.126 e. The lowest BCUT2D eigenvalue weighted by Crippen LogP contribution is -1.96. The summed E-state index contributed by atoms with van der Waals surface area (Å²) in [4.78, 5) is 0. The van der Waals surface area contributed by atoms with Crippen LogP contribution in [0, 0.1) is 12.7 Å². The van der Waals surface area contributed by atoms with Gasteiger partial charge in [-0.3, -0.25) is 0 Å². The van der Waals surface area contributed by atoms with Gasteiger partial charge >= 0.3 is 0 Å². The molecule has 2 N–H and O–H groups in total. The van der Waals surface area contributed by atoms with E-state index in [2.05, 4.69) is 0 Å². The van der Waals surface area contributed by atoms with Crippen molar-refractivity contribution in [3.05, 3.63) is 35.1 Å². The zero-order chi connectivity index (χ0) is 7.56. The van der Waals surface area contributed by atoms with E-state index in [1.807, 2.05) is 6.07 Å². The first-order valence-electron chi connectivity index (χ1n) is 3.19. The Labute approximate surface area is 71.8 Å². The minimum atomic E-state index is -0.178. The lowest BCUT2D eigenvalue weighted by atomic mass is 10.1. The highest BCUT2D eigenvalue weighted by molar-refractivity contribution is 5.85. The second-order valence-electron chi connectivity index (χ2n) is 2.29. The molecule has 0 atom stereocenters. The van der Waals surface area contributed by atoms with Crippen molar-refractivity contribution < 1.29 is 4.39 Å². The normalized spacial score (nSPS) is 9.00. The molecule has 11 heavy (non-hydrogen) atoms. The van der Waals surface area contributed by atoms with Gasteiger partial charge in [-0.25, -0.2) is 4.39 Å². The topological polar surface area (TPSA) is 26.0 Å². The minimum Gasteiger partial charge on any atom is -0.326 e. The Morgan fingerprint density at radius 2 is 2.09 bits per heavy atom. The zero-order valence-corrected chi connectivity index (χ0v) is 7.12. The predicted molar refractivity (Wildman–Crippen MR) is 46.3 cm³/mol. The second-order valence-corrected chi connectivity index (χ2v) is 2.29. The molecule has 0 bridgehead atoms. The van der Waals surface area contributed by atoms with E-state index in [1.165, 1.54) is 6.07 Å². The van der Waals surface area contributed by atoms with E-state index in [0.717, 1.165) is 5.56 Å². The first kappa shape index (κ1) is 10.4. The smallest absolute Gasteiger partial charge is 0.126 e. The van der Waals surface area contributed by atoms with Crippen LogP contribution in [0.2, 0.25) is 0 Å². The third-order valence-electron chi connectivity index (χ3n) is 1.47. The van der Waals surface area contributed by atoms with Gasteiger partial charge in [-0.1, -0.05) is 12.1 Å². The van der Waals surface area contributed by atoms with Gasteiger partial charge in [0.15, 0.2) is 0 Å². The van der Waals surface area contributed by atoms with Crippen LogP contribution in [0.15, 0.2) is 18.2 Å². The van der Waals surface area contributed by atoms with E-state index in [4.69, 9.17) is 5.73 Å². The molecular formula is C8H11ClFN. The van der Waals surface area contributed by atoms with Crippen molar-refractivity contribution in [1.82, 2.24) is 0 Å². The fourth-order valence-corrected chi connectivity index (χ4v) is 0.763. The summed E-state index contributed by atoms with van der Waals surface area (Å²) in [6.07, 6.45) is 0. The van der Waals surface area contributed by atoms with Crippen molar-refractivity contribution >= 4 is 12.4 Å². The van der Waals surface area contributed by atoms with E-state index in [9.17, 15) is 4.39 Å². The summed E-state index contributed by atoms with van der Waals surface area (Å²) in [6, 6.07) is 5.03. The average Bonchev–Trinajstić information content (AvgIpc) is 1.95. The number of nitrogens with two attached hydrogens (primary N) is 1. The summed E-state index contributed by atoms with van der Waals surface area (Å²) in [6.45, 7) is 2.13. The van der Waals surface area contributed by atoms with Crippen LogP contribution in [-0.4, -0.2) is 0 Å². The van der Waals surface area contributed by atoms with E-state index < -0.39 is 0 Å². The minimum absolute atomic E-state index is 0. The number of hydrogen-bond donors (Lipinski definition) is 1. The standard InChI is InChI=1S/C8H10FN.ClH/c1-6-2-3-7(5-10)4-8(6)9;/h2-4H,5,10H2,1H3;1H. The maximum atomic E-state index is 12.7. The molecule has 0 fully saturated rings. The van der Waals surface area contributed by atoms with Crippen LogP contribution in [0.4, 0.5) is 4.39 Å². The SMILES string of the molecule is Cc1ccc(CN)cc1F.Cl. The number of aryl methyl sites for hydroxylation is 1. The summed E-state index contributed by atoms with van der Waals surface area (Å²) in [5.74, 6) is -0.178. The van der Waals surface area contributed by atoms with Gasteiger partial charge in [0.05, 0.1) is 0 Å². The summed E-state index contributed by atoms with van der Waals surface area (Å²) in [5.41, 5.74) is 6.80. The molecule has 0 aliphatic carbocycles. The van der Waals surface area contributed by atoms with Crippen molar-refractivity contribution in [2.24, 2.45) is 5.73 Å². The Hall–Kier alpha value is -0.600. The fourth-order valence-electron chi connectivity index (χ4n) is 0.763. The van der Waals surface area contributed by atoms with Crippen molar-refractivity contribution in [2.75, 3.05) is 0 Å². The van der Waals surface area contributed by atoms with Crippen molar-refractivity contribution in [3.63, 3.8) is 0 Å². The van der Waals surface area contributed by atoms with Crippen LogP contribution in [0.5, 0.6) is 0 Å². The molecule has 1 aromatic rings. The van der Waals surface area contributed by atoms with Crippen LogP contribution in [0.25, 0.3) is 0 Å². The van der Waals surface area contributed by atoms with Crippen molar-refractivity contribution in [3.8, 4) is 0 Å². The molecule has 0 radical (unpaired) electrons. The van der Waals surface area contributed by atoms with Gasteiger partial charge in [0.1, 0.15) is 5.82 Å². The second kappa shape index (κ2) is 4.31. The van der Waals surface area contributed by atoms with E-state index in [1.54, 1.807) is 13.0 Å². The Bertz CT molecular complexity index is 238. The van der Waals surface area contributed by atoms with E-state index in [0.29, 0.717) is 12.1 Å². The first-order chi connectivity index (χ1) is 4.74. The summed E-state index contributed by atoms with van der Waals surface area (Å²) < 4.78 is 12.7. The number of hydrogen-bond acceptors (Lipinski definition) is 1. The molecule has 0 saturated heterocycles. The summed E-state index contributed by atoms with van der Waals surface area (Å²) in [7, 11) is 0. The Kier molecular flexibility index (Phi) is 4.08. The lowest BCUT2D eigenvalue weighted by molar-refractivity contribution is 0.616. The van der Waals surface area contributed by atoms with Crippen LogP contribution in [0.3, 0.4) is 0 Å². The zero-order valence-electron chi connectivity index (χ0n) is 6.30. The largest absolute Gasteiger partial charge is 0.326 e. The van der Waals surface area contributed by atoms with Crippen LogP contribution >= 0.6 is 12.4 Å². The third-order valence-corrected chi connectivity index (χ3v) is 1.47. The first-order valence-corrected chi connectivity index (χ1v) is 3.19. The highest BCUT2D eigenvalue weighted by Crippen LogP contribution is 2.07. The maximum absolute atomic E-state index is 12.7.